The largest absolute Gasteiger partial charge is 0.310 e. The van der Waals surface area contributed by atoms with Crippen LogP contribution in [0.2, 0.25) is 0 Å². The highest BCUT2D eigenvalue weighted by Gasteiger charge is 2.26. The standard InChI is InChI=1S/C12H22ClN/c1-9(7-13)8-14-12-6-4-5-10(2)11(12)3/h7,10-12,14H,4-6,8H2,1-3H3. The molecule has 2 heteroatoms. The summed E-state index contributed by atoms with van der Waals surface area (Å²) >= 11 is 5.63. The molecule has 3 atom stereocenters. The summed E-state index contributed by atoms with van der Waals surface area (Å²) in [4.78, 5) is 0. The Bertz CT molecular complexity index is 200. The first-order valence-electron chi connectivity index (χ1n) is 5.64. The van der Waals surface area contributed by atoms with Crippen LogP contribution in [0.1, 0.15) is 40.0 Å². The zero-order valence-electron chi connectivity index (χ0n) is 9.52. The van der Waals surface area contributed by atoms with Crippen LogP contribution in [0.4, 0.5) is 0 Å². The molecule has 0 aliphatic heterocycles. The van der Waals surface area contributed by atoms with E-state index < -0.39 is 0 Å². The Kier molecular flexibility index (Phi) is 4.97. The van der Waals surface area contributed by atoms with Crippen LogP contribution in [0.3, 0.4) is 0 Å². The van der Waals surface area contributed by atoms with E-state index in [0.29, 0.717) is 6.04 Å². The summed E-state index contributed by atoms with van der Waals surface area (Å²) in [7, 11) is 0. The molecule has 1 aliphatic carbocycles. The molecule has 14 heavy (non-hydrogen) atoms. The fraction of sp³-hybridized carbons (Fsp3) is 0.833. The molecule has 0 radical (unpaired) electrons. The van der Waals surface area contributed by atoms with E-state index in [1.54, 1.807) is 5.54 Å². The van der Waals surface area contributed by atoms with Crippen molar-refractivity contribution in [1.29, 1.82) is 0 Å². The van der Waals surface area contributed by atoms with Gasteiger partial charge in [-0.1, -0.05) is 38.3 Å². The van der Waals surface area contributed by atoms with Crippen LogP contribution in [0.25, 0.3) is 0 Å². The van der Waals surface area contributed by atoms with Crippen molar-refractivity contribution in [2.24, 2.45) is 11.8 Å². The topological polar surface area (TPSA) is 12.0 Å². The van der Waals surface area contributed by atoms with Gasteiger partial charge in [-0.3, -0.25) is 0 Å². The molecule has 1 saturated carbocycles. The first kappa shape index (κ1) is 12.1. The van der Waals surface area contributed by atoms with Crippen LogP contribution in [0, 0.1) is 11.8 Å². The fourth-order valence-corrected chi connectivity index (χ4v) is 2.28. The highest BCUT2D eigenvalue weighted by Crippen LogP contribution is 2.29. The number of hydrogen-bond donors (Lipinski definition) is 1. The molecule has 1 aliphatic rings. The van der Waals surface area contributed by atoms with Gasteiger partial charge in [-0.15, -0.1) is 0 Å². The molecule has 1 nitrogen and oxygen atoms in total. The van der Waals surface area contributed by atoms with Gasteiger partial charge in [0, 0.05) is 18.1 Å². The Labute approximate surface area is 92.9 Å². The maximum absolute atomic E-state index is 5.63. The van der Waals surface area contributed by atoms with Crippen molar-refractivity contribution in [2.75, 3.05) is 6.54 Å². The minimum Gasteiger partial charge on any atom is -0.310 e. The van der Waals surface area contributed by atoms with E-state index in [1.165, 1.54) is 24.8 Å². The second kappa shape index (κ2) is 5.77. The molecule has 0 aromatic carbocycles. The Morgan fingerprint density at radius 2 is 2.14 bits per heavy atom. The summed E-state index contributed by atoms with van der Waals surface area (Å²) in [6, 6.07) is 0.685. The average molecular weight is 216 g/mol. The highest BCUT2D eigenvalue weighted by molar-refractivity contribution is 6.25. The van der Waals surface area contributed by atoms with Crippen molar-refractivity contribution in [3.63, 3.8) is 0 Å². The second-order valence-corrected chi connectivity index (χ2v) is 4.93. The molecule has 1 fully saturated rings. The van der Waals surface area contributed by atoms with Crippen LogP contribution in [-0.2, 0) is 0 Å². The van der Waals surface area contributed by atoms with E-state index in [-0.39, 0.29) is 0 Å². The third-order valence-electron chi connectivity index (χ3n) is 3.54. The third kappa shape index (κ3) is 3.29. The van der Waals surface area contributed by atoms with Crippen molar-refractivity contribution >= 4 is 11.6 Å². The van der Waals surface area contributed by atoms with Crippen molar-refractivity contribution < 1.29 is 0 Å². The quantitative estimate of drug-likeness (QED) is 0.760. The lowest BCUT2D eigenvalue weighted by Crippen LogP contribution is -2.41. The van der Waals surface area contributed by atoms with Gasteiger partial charge < -0.3 is 5.32 Å². The minimum absolute atomic E-state index is 0.685. The lowest BCUT2D eigenvalue weighted by atomic mass is 9.78. The van der Waals surface area contributed by atoms with Crippen molar-refractivity contribution in [3.05, 3.63) is 11.1 Å². The molecule has 3 unspecified atom stereocenters. The Morgan fingerprint density at radius 3 is 2.79 bits per heavy atom. The number of nitrogens with one attached hydrogen (secondary N) is 1. The molecule has 0 aromatic heterocycles. The summed E-state index contributed by atoms with van der Waals surface area (Å²) in [6.45, 7) is 7.73. The Balaban J connectivity index is 2.36. The smallest absolute Gasteiger partial charge is 0.0176 e. The monoisotopic (exact) mass is 215 g/mol. The van der Waals surface area contributed by atoms with Gasteiger partial charge in [0.25, 0.3) is 0 Å². The summed E-state index contributed by atoms with van der Waals surface area (Å²) in [6.07, 6.45) is 4.08. The lowest BCUT2D eigenvalue weighted by Gasteiger charge is -2.34. The van der Waals surface area contributed by atoms with Crippen LogP contribution in [0.15, 0.2) is 11.1 Å². The average Bonchev–Trinajstić information content (AvgIpc) is 2.20. The van der Waals surface area contributed by atoms with E-state index in [2.05, 4.69) is 26.1 Å². The maximum atomic E-state index is 5.63. The number of hydrogen-bond acceptors (Lipinski definition) is 1. The first-order chi connectivity index (χ1) is 6.65. The van der Waals surface area contributed by atoms with Gasteiger partial charge in [-0.05, 0) is 30.8 Å². The van der Waals surface area contributed by atoms with E-state index in [4.69, 9.17) is 11.6 Å². The zero-order valence-corrected chi connectivity index (χ0v) is 10.3. The molecule has 0 saturated heterocycles. The van der Waals surface area contributed by atoms with Gasteiger partial charge in [0.15, 0.2) is 0 Å². The fourth-order valence-electron chi connectivity index (χ4n) is 2.20. The molecule has 0 aromatic rings. The highest BCUT2D eigenvalue weighted by atomic mass is 35.5. The van der Waals surface area contributed by atoms with Crippen molar-refractivity contribution in [3.8, 4) is 0 Å². The predicted molar refractivity (Wildman–Crippen MR) is 63.6 cm³/mol. The van der Waals surface area contributed by atoms with Crippen LogP contribution in [0.5, 0.6) is 0 Å². The molecule has 1 rings (SSSR count). The van der Waals surface area contributed by atoms with Crippen LogP contribution >= 0.6 is 11.6 Å². The molecule has 82 valence electrons. The maximum Gasteiger partial charge on any atom is 0.0176 e. The molecule has 0 heterocycles. The molecular weight excluding hydrogens is 194 g/mol. The second-order valence-electron chi connectivity index (χ2n) is 4.71. The van der Waals surface area contributed by atoms with E-state index in [0.717, 1.165) is 18.4 Å². The summed E-state index contributed by atoms with van der Waals surface area (Å²) in [5.74, 6) is 1.66. The molecule has 1 N–H and O–H groups in total. The molecule has 0 spiro atoms. The SMILES string of the molecule is CC(=CCl)CNC1CCCC(C)C1C. The molecular formula is C12H22ClN. The van der Waals surface area contributed by atoms with Crippen molar-refractivity contribution in [2.45, 2.75) is 46.1 Å². The summed E-state index contributed by atoms with van der Waals surface area (Å²) < 4.78 is 0. The van der Waals surface area contributed by atoms with E-state index >= 15 is 0 Å². The van der Waals surface area contributed by atoms with Crippen LogP contribution < -0.4 is 5.32 Å². The zero-order chi connectivity index (χ0) is 10.6. The minimum atomic E-state index is 0.685. The lowest BCUT2D eigenvalue weighted by molar-refractivity contribution is 0.210. The van der Waals surface area contributed by atoms with Gasteiger partial charge in [0.05, 0.1) is 0 Å². The normalized spacial score (nSPS) is 34.6. The van der Waals surface area contributed by atoms with E-state index in [9.17, 15) is 0 Å². The third-order valence-corrected chi connectivity index (χ3v) is 3.91. The van der Waals surface area contributed by atoms with Gasteiger partial charge in [0.2, 0.25) is 0 Å². The van der Waals surface area contributed by atoms with Crippen molar-refractivity contribution in [1.82, 2.24) is 5.32 Å². The Hall–Kier alpha value is -0.0100. The number of rotatable bonds is 3. The van der Waals surface area contributed by atoms with Gasteiger partial charge in [-0.25, -0.2) is 0 Å². The van der Waals surface area contributed by atoms with Gasteiger partial charge in [-0.2, -0.15) is 0 Å². The Morgan fingerprint density at radius 1 is 1.43 bits per heavy atom. The van der Waals surface area contributed by atoms with Gasteiger partial charge >= 0.3 is 0 Å². The molecule has 0 bridgehead atoms. The van der Waals surface area contributed by atoms with E-state index in [1.807, 2.05) is 0 Å². The van der Waals surface area contributed by atoms with Gasteiger partial charge in [0.1, 0.15) is 0 Å². The van der Waals surface area contributed by atoms with Crippen LogP contribution in [-0.4, -0.2) is 12.6 Å². The molecule has 0 amide bonds. The summed E-state index contributed by atoms with van der Waals surface area (Å²) in [5, 5.41) is 3.60. The number of halogens is 1. The first-order valence-corrected chi connectivity index (χ1v) is 6.08. The summed E-state index contributed by atoms with van der Waals surface area (Å²) in [5.41, 5.74) is 2.89. The predicted octanol–water partition coefficient (Wildman–Crippen LogP) is 3.54.